The molecule has 1 N–H and O–H groups in total. The number of aryl methyl sites for hydroxylation is 2. The van der Waals surface area contributed by atoms with Crippen LogP contribution in [0.1, 0.15) is 25.0 Å². The van der Waals surface area contributed by atoms with Crippen LogP contribution in [0.5, 0.6) is 0 Å². The number of nitrogens with zero attached hydrogens (tertiary/aromatic N) is 2. The van der Waals surface area contributed by atoms with Gasteiger partial charge in [0, 0.05) is 24.5 Å². The Morgan fingerprint density at radius 2 is 1.73 bits per heavy atom. The highest BCUT2D eigenvalue weighted by Crippen LogP contribution is 2.22. The molecule has 0 saturated carbocycles. The van der Waals surface area contributed by atoms with Crippen LogP contribution in [0.25, 0.3) is 0 Å². The van der Waals surface area contributed by atoms with Gasteiger partial charge in [-0.25, -0.2) is 4.79 Å². The van der Waals surface area contributed by atoms with Crippen molar-refractivity contribution >= 4 is 23.3 Å². The topological polar surface area (TPSA) is 52.6 Å². The number of hydrogen-bond donors (Lipinski definition) is 1. The summed E-state index contributed by atoms with van der Waals surface area (Å²) in [6.45, 7) is 6.88. The molecule has 0 radical (unpaired) electrons. The van der Waals surface area contributed by atoms with Crippen LogP contribution in [0.4, 0.5) is 16.2 Å². The van der Waals surface area contributed by atoms with Gasteiger partial charge >= 0.3 is 6.03 Å². The third-order valence-electron chi connectivity index (χ3n) is 4.88. The van der Waals surface area contributed by atoms with Crippen molar-refractivity contribution in [2.24, 2.45) is 0 Å². The van der Waals surface area contributed by atoms with Crippen LogP contribution >= 0.6 is 0 Å². The van der Waals surface area contributed by atoms with Gasteiger partial charge in [-0.3, -0.25) is 4.79 Å². The van der Waals surface area contributed by atoms with Gasteiger partial charge in [0.05, 0.1) is 0 Å². The second kappa shape index (κ2) is 7.60. The molecular formula is C21H25N3O2. The number of hydrogen-bond acceptors (Lipinski definition) is 2. The van der Waals surface area contributed by atoms with Crippen LogP contribution in [0.3, 0.4) is 0 Å². The Kier molecular flexibility index (Phi) is 5.26. The highest BCUT2D eigenvalue weighted by Gasteiger charge is 2.35. The van der Waals surface area contributed by atoms with Crippen molar-refractivity contribution < 1.29 is 9.59 Å². The summed E-state index contributed by atoms with van der Waals surface area (Å²) in [6.07, 6.45) is 0.970. The molecule has 26 heavy (non-hydrogen) atoms. The number of nitrogens with one attached hydrogen (secondary N) is 1. The summed E-state index contributed by atoms with van der Waals surface area (Å²) in [7, 11) is 0. The van der Waals surface area contributed by atoms with E-state index in [4.69, 9.17) is 0 Å². The van der Waals surface area contributed by atoms with Crippen LogP contribution in [0.2, 0.25) is 0 Å². The van der Waals surface area contributed by atoms with Crippen molar-refractivity contribution in [1.82, 2.24) is 4.90 Å². The molecule has 0 unspecified atom stereocenters. The van der Waals surface area contributed by atoms with E-state index in [1.807, 2.05) is 55.5 Å². The minimum Gasteiger partial charge on any atom is -0.311 e. The molecule has 1 atom stereocenters. The van der Waals surface area contributed by atoms with Gasteiger partial charge < -0.3 is 15.1 Å². The molecular weight excluding hydrogens is 326 g/mol. The minimum atomic E-state index is -0.500. The zero-order valence-electron chi connectivity index (χ0n) is 15.5. The molecule has 0 spiro atoms. The molecule has 1 aliphatic heterocycles. The Bertz CT molecular complexity index is 784. The first-order valence-electron chi connectivity index (χ1n) is 9.04. The summed E-state index contributed by atoms with van der Waals surface area (Å²) >= 11 is 0. The summed E-state index contributed by atoms with van der Waals surface area (Å²) in [6, 6.07) is 14.9. The van der Waals surface area contributed by atoms with Gasteiger partial charge in [-0.15, -0.1) is 0 Å². The van der Waals surface area contributed by atoms with Crippen molar-refractivity contribution in [3.63, 3.8) is 0 Å². The Balaban J connectivity index is 1.68. The Hall–Kier alpha value is -2.82. The summed E-state index contributed by atoms with van der Waals surface area (Å²) in [5.74, 6) is -0.0560. The van der Waals surface area contributed by atoms with Crippen LogP contribution < -0.4 is 10.2 Å². The first kappa shape index (κ1) is 18.0. The van der Waals surface area contributed by atoms with Gasteiger partial charge in [0.1, 0.15) is 6.04 Å². The fourth-order valence-electron chi connectivity index (χ4n) is 3.15. The number of rotatable bonds is 3. The van der Waals surface area contributed by atoms with E-state index < -0.39 is 6.04 Å². The molecule has 5 nitrogen and oxygen atoms in total. The molecule has 0 bridgehead atoms. The summed E-state index contributed by atoms with van der Waals surface area (Å²) in [4.78, 5) is 28.7. The molecule has 3 amide bonds. The average molecular weight is 351 g/mol. The fraction of sp³-hybridized carbons (Fsp3) is 0.333. The molecule has 1 fully saturated rings. The number of anilines is 2. The van der Waals surface area contributed by atoms with Crippen LogP contribution in [0.15, 0.2) is 48.5 Å². The molecule has 5 heteroatoms. The highest BCUT2D eigenvalue weighted by atomic mass is 16.2. The lowest BCUT2D eigenvalue weighted by Gasteiger charge is -2.39. The van der Waals surface area contributed by atoms with Crippen molar-refractivity contribution in [2.75, 3.05) is 23.3 Å². The molecule has 2 aromatic rings. The van der Waals surface area contributed by atoms with E-state index in [0.717, 1.165) is 23.4 Å². The molecule has 1 aliphatic rings. The summed E-state index contributed by atoms with van der Waals surface area (Å²) in [5, 5.41) is 2.88. The molecule has 1 saturated heterocycles. The van der Waals surface area contributed by atoms with Crippen molar-refractivity contribution in [3.8, 4) is 0 Å². The maximum absolute atomic E-state index is 12.8. The average Bonchev–Trinajstić information content (AvgIpc) is 2.66. The van der Waals surface area contributed by atoms with Gasteiger partial charge in [0.15, 0.2) is 0 Å². The maximum Gasteiger partial charge on any atom is 0.322 e. The van der Waals surface area contributed by atoms with E-state index in [1.165, 1.54) is 5.56 Å². The van der Waals surface area contributed by atoms with E-state index in [9.17, 15) is 9.59 Å². The predicted octanol–water partition coefficient (Wildman–Crippen LogP) is 3.83. The fourth-order valence-corrected chi connectivity index (χ4v) is 3.15. The maximum atomic E-state index is 12.8. The lowest BCUT2D eigenvalue weighted by atomic mass is 10.1. The van der Waals surface area contributed by atoms with E-state index >= 15 is 0 Å². The van der Waals surface area contributed by atoms with E-state index in [2.05, 4.69) is 12.2 Å². The van der Waals surface area contributed by atoms with Crippen molar-refractivity contribution in [3.05, 3.63) is 59.7 Å². The third kappa shape index (κ3) is 3.72. The Morgan fingerprint density at radius 3 is 2.35 bits per heavy atom. The first-order valence-corrected chi connectivity index (χ1v) is 9.04. The lowest BCUT2D eigenvalue weighted by molar-refractivity contribution is -0.123. The second-order valence-electron chi connectivity index (χ2n) is 6.68. The van der Waals surface area contributed by atoms with Crippen molar-refractivity contribution in [1.29, 1.82) is 0 Å². The summed E-state index contributed by atoms with van der Waals surface area (Å²) in [5.41, 5.74) is 4.00. The predicted molar refractivity (Wildman–Crippen MR) is 105 cm³/mol. The lowest BCUT2D eigenvalue weighted by Crippen LogP contribution is -2.58. The Labute approximate surface area is 154 Å². The normalized spacial score (nSPS) is 17.3. The Morgan fingerprint density at radius 1 is 1.08 bits per heavy atom. The number of carbonyl (C=O) groups is 2. The molecule has 1 heterocycles. The number of amides is 3. The third-order valence-corrected chi connectivity index (χ3v) is 4.88. The van der Waals surface area contributed by atoms with E-state index in [0.29, 0.717) is 13.1 Å². The summed E-state index contributed by atoms with van der Waals surface area (Å²) < 4.78 is 0. The van der Waals surface area contributed by atoms with Gasteiger partial charge in [0.25, 0.3) is 0 Å². The number of carbonyl (C=O) groups excluding carboxylic acids is 2. The molecule has 0 aromatic heterocycles. The second-order valence-corrected chi connectivity index (χ2v) is 6.68. The van der Waals surface area contributed by atoms with Crippen molar-refractivity contribution in [2.45, 2.75) is 33.2 Å². The highest BCUT2D eigenvalue weighted by molar-refractivity contribution is 6.01. The zero-order chi connectivity index (χ0) is 18.7. The van der Waals surface area contributed by atoms with Gasteiger partial charge in [-0.1, -0.05) is 36.8 Å². The smallest absolute Gasteiger partial charge is 0.311 e. The molecule has 0 aliphatic carbocycles. The van der Waals surface area contributed by atoms with Crippen LogP contribution in [-0.2, 0) is 11.2 Å². The van der Waals surface area contributed by atoms with Crippen LogP contribution in [0, 0.1) is 6.92 Å². The number of urea groups is 1. The zero-order valence-corrected chi connectivity index (χ0v) is 15.5. The van der Waals surface area contributed by atoms with Gasteiger partial charge in [-0.05, 0) is 50.1 Å². The van der Waals surface area contributed by atoms with Gasteiger partial charge in [0.2, 0.25) is 5.91 Å². The van der Waals surface area contributed by atoms with E-state index in [-0.39, 0.29) is 11.9 Å². The number of benzene rings is 2. The number of piperazine rings is 1. The minimum absolute atomic E-state index is 0.0560. The molecule has 136 valence electrons. The monoisotopic (exact) mass is 351 g/mol. The quantitative estimate of drug-likeness (QED) is 0.914. The largest absolute Gasteiger partial charge is 0.322 e. The molecule has 2 aromatic carbocycles. The SMILES string of the molecule is CCc1ccc(N2CCN(C(=O)Nc3ccc(C)cc3)[C@H](C)C2=O)cc1. The van der Waals surface area contributed by atoms with E-state index in [1.54, 1.807) is 16.7 Å². The van der Waals surface area contributed by atoms with Crippen LogP contribution in [-0.4, -0.2) is 36.0 Å². The molecule has 3 rings (SSSR count). The van der Waals surface area contributed by atoms with Gasteiger partial charge in [-0.2, -0.15) is 0 Å². The standard InChI is InChI=1S/C21H25N3O2/c1-4-17-7-11-19(12-8-17)24-14-13-23(16(3)20(24)25)21(26)22-18-9-5-15(2)6-10-18/h5-12,16H,4,13-14H2,1-3H3,(H,22,26)/t16-/m1/s1. The first-order chi connectivity index (χ1) is 12.5.